The van der Waals surface area contributed by atoms with Gasteiger partial charge in [-0.15, -0.1) is 11.3 Å². The molecular formula is C19H18N6S. The first-order valence-electron chi connectivity index (χ1n) is 8.84. The third-order valence-corrected chi connectivity index (χ3v) is 5.94. The average molecular weight is 362 g/mol. The summed E-state index contributed by atoms with van der Waals surface area (Å²) in [5.41, 5.74) is 2.44. The highest BCUT2D eigenvalue weighted by atomic mass is 32.1. The normalized spacial score (nSPS) is 13.7. The number of aryl methyl sites for hydroxylation is 2. The van der Waals surface area contributed by atoms with Crippen molar-refractivity contribution >= 4 is 27.4 Å². The number of H-pyrrole nitrogens is 1. The van der Waals surface area contributed by atoms with Crippen LogP contribution in [-0.2, 0) is 19.4 Å². The number of nitrogens with zero attached hydrogens (tertiary/aromatic N) is 4. The fourth-order valence-electron chi connectivity index (χ4n) is 3.48. The number of benzene rings is 1. The summed E-state index contributed by atoms with van der Waals surface area (Å²) >= 11 is 1.81. The van der Waals surface area contributed by atoms with Crippen molar-refractivity contribution in [1.82, 2.24) is 25.1 Å². The molecule has 0 bridgehead atoms. The molecule has 0 radical (unpaired) electrons. The van der Waals surface area contributed by atoms with E-state index in [2.05, 4.69) is 30.5 Å². The van der Waals surface area contributed by atoms with Crippen molar-refractivity contribution in [1.29, 1.82) is 0 Å². The van der Waals surface area contributed by atoms with Gasteiger partial charge in [0.05, 0.1) is 11.9 Å². The van der Waals surface area contributed by atoms with Crippen molar-refractivity contribution in [3.63, 3.8) is 0 Å². The molecule has 0 amide bonds. The van der Waals surface area contributed by atoms with E-state index in [4.69, 9.17) is 0 Å². The molecular weight excluding hydrogens is 344 g/mol. The zero-order chi connectivity index (χ0) is 17.3. The maximum absolute atomic E-state index is 4.58. The van der Waals surface area contributed by atoms with Crippen LogP contribution in [0.25, 0.3) is 21.6 Å². The van der Waals surface area contributed by atoms with Gasteiger partial charge in [0.2, 0.25) is 0 Å². The van der Waals surface area contributed by atoms with Crippen molar-refractivity contribution in [2.75, 3.05) is 5.32 Å². The summed E-state index contributed by atoms with van der Waals surface area (Å²) in [6.07, 6.45) is 6.45. The summed E-state index contributed by atoms with van der Waals surface area (Å²) in [7, 11) is 0. The Balaban J connectivity index is 1.41. The topological polar surface area (TPSA) is 79.4 Å². The summed E-state index contributed by atoms with van der Waals surface area (Å²) in [6, 6.07) is 9.97. The molecule has 6 nitrogen and oxygen atoms in total. The molecule has 3 heterocycles. The Morgan fingerprint density at radius 2 is 1.96 bits per heavy atom. The van der Waals surface area contributed by atoms with Crippen molar-refractivity contribution in [2.45, 2.75) is 32.2 Å². The summed E-state index contributed by atoms with van der Waals surface area (Å²) in [5.74, 6) is 2.40. The molecule has 26 heavy (non-hydrogen) atoms. The van der Waals surface area contributed by atoms with Gasteiger partial charge in [-0.2, -0.15) is 5.10 Å². The highest BCUT2D eigenvalue weighted by Gasteiger charge is 2.19. The van der Waals surface area contributed by atoms with Gasteiger partial charge in [-0.3, -0.25) is 5.10 Å². The van der Waals surface area contributed by atoms with Gasteiger partial charge in [-0.1, -0.05) is 30.3 Å². The minimum Gasteiger partial charge on any atom is -0.362 e. The maximum atomic E-state index is 4.58. The highest BCUT2D eigenvalue weighted by molar-refractivity contribution is 7.19. The Morgan fingerprint density at radius 1 is 1.08 bits per heavy atom. The van der Waals surface area contributed by atoms with Crippen LogP contribution in [0.1, 0.15) is 29.1 Å². The number of hydrogen-bond acceptors (Lipinski definition) is 6. The van der Waals surface area contributed by atoms with E-state index in [0.717, 1.165) is 28.5 Å². The predicted octanol–water partition coefficient (Wildman–Crippen LogP) is 3.97. The number of rotatable bonds is 4. The molecule has 0 aliphatic heterocycles. The molecule has 1 aliphatic rings. The summed E-state index contributed by atoms with van der Waals surface area (Å²) in [6.45, 7) is 0.552. The molecule has 0 unspecified atom stereocenters. The van der Waals surface area contributed by atoms with Gasteiger partial charge in [0, 0.05) is 10.4 Å². The van der Waals surface area contributed by atoms with Crippen LogP contribution in [0.4, 0.5) is 5.82 Å². The summed E-state index contributed by atoms with van der Waals surface area (Å²) in [4.78, 5) is 16.1. The molecule has 4 aromatic rings. The number of aromatic nitrogens is 5. The molecule has 130 valence electrons. The molecule has 1 aliphatic carbocycles. The summed E-state index contributed by atoms with van der Waals surface area (Å²) in [5, 5.41) is 11.9. The average Bonchev–Trinajstić information content (AvgIpc) is 3.32. The molecule has 7 heteroatoms. The number of nitrogens with one attached hydrogen (secondary N) is 2. The minimum atomic E-state index is 0.552. The lowest BCUT2D eigenvalue weighted by Gasteiger charge is -2.12. The van der Waals surface area contributed by atoms with Crippen LogP contribution in [0, 0.1) is 0 Å². The molecule has 0 atom stereocenters. The third-order valence-electron chi connectivity index (χ3n) is 4.74. The fraction of sp³-hybridized carbons (Fsp3) is 0.263. The van der Waals surface area contributed by atoms with Gasteiger partial charge in [0.1, 0.15) is 22.8 Å². The fourth-order valence-corrected chi connectivity index (χ4v) is 4.71. The van der Waals surface area contributed by atoms with Crippen molar-refractivity contribution < 1.29 is 0 Å². The quantitative estimate of drug-likeness (QED) is 0.574. The van der Waals surface area contributed by atoms with Crippen LogP contribution >= 0.6 is 11.3 Å². The standard InChI is InChI=1S/C19H18N6S/c1-2-6-12(7-3-1)17-23-15(24-25-17)10-20-18-16-13-8-4-5-9-14(13)26-19(16)22-11-21-18/h1-3,6-7,11H,4-5,8-10H2,(H,20,21,22)(H,23,24,25). The van der Waals surface area contributed by atoms with Crippen LogP contribution in [0.3, 0.4) is 0 Å². The van der Waals surface area contributed by atoms with E-state index in [9.17, 15) is 0 Å². The van der Waals surface area contributed by atoms with Crippen LogP contribution < -0.4 is 5.32 Å². The van der Waals surface area contributed by atoms with Gasteiger partial charge in [0.25, 0.3) is 0 Å². The van der Waals surface area contributed by atoms with E-state index in [-0.39, 0.29) is 0 Å². The second-order valence-electron chi connectivity index (χ2n) is 6.44. The second kappa shape index (κ2) is 6.49. The predicted molar refractivity (Wildman–Crippen MR) is 103 cm³/mol. The number of aromatic amines is 1. The molecule has 0 fully saturated rings. The molecule has 2 N–H and O–H groups in total. The lowest BCUT2D eigenvalue weighted by atomic mass is 9.97. The Labute approximate surface area is 154 Å². The lowest BCUT2D eigenvalue weighted by Crippen LogP contribution is -2.05. The zero-order valence-electron chi connectivity index (χ0n) is 14.2. The molecule has 0 saturated carbocycles. The van der Waals surface area contributed by atoms with Crippen molar-refractivity contribution in [3.8, 4) is 11.4 Å². The maximum Gasteiger partial charge on any atom is 0.181 e. The minimum absolute atomic E-state index is 0.552. The third kappa shape index (κ3) is 2.74. The monoisotopic (exact) mass is 362 g/mol. The van der Waals surface area contributed by atoms with Gasteiger partial charge in [-0.05, 0) is 31.2 Å². The highest BCUT2D eigenvalue weighted by Crippen LogP contribution is 2.38. The Bertz CT molecular complexity index is 1050. The Hall–Kier alpha value is -2.80. The van der Waals surface area contributed by atoms with E-state index in [0.29, 0.717) is 12.4 Å². The van der Waals surface area contributed by atoms with Crippen LogP contribution in [0.5, 0.6) is 0 Å². The number of fused-ring (bicyclic) bond motifs is 3. The number of hydrogen-bond donors (Lipinski definition) is 2. The van der Waals surface area contributed by atoms with Gasteiger partial charge in [-0.25, -0.2) is 15.0 Å². The van der Waals surface area contributed by atoms with Crippen molar-refractivity contribution in [3.05, 3.63) is 52.9 Å². The number of thiophene rings is 1. The van der Waals surface area contributed by atoms with E-state index < -0.39 is 0 Å². The summed E-state index contributed by atoms with van der Waals surface area (Å²) < 4.78 is 0. The Morgan fingerprint density at radius 3 is 2.88 bits per heavy atom. The van der Waals surface area contributed by atoms with Gasteiger partial charge < -0.3 is 5.32 Å². The van der Waals surface area contributed by atoms with Crippen molar-refractivity contribution in [2.24, 2.45) is 0 Å². The van der Waals surface area contributed by atoms with Gasteiger partial charge in [0.15, 0.2) is 5.82 Å². The van der Waals surface area contributed by atoms with Crippen LogP contribution in [0.2, 0.25) is 0 Å². The van der Waals surface area contributed by atoms with E-state index >= 15 is 0 Å². The first kappa shape index (κ1) is 15.5. The first-order chi connectivity index (χ1) is 12.9. The van der Waals surface area contributed by atoms with Crippen LogP contribution in [-0.4, -0.2) is 25.1 Å². The molecule has 1 aromatic carbocycles. The van der Waals surface area contributed by atoms with Gasteiger partial charge >= 0.3 is 0 Å². The SMILES string of the molecule is c1ccc(-c2n[nH]c(CNc3ncnc4sc5c(c34)CCCC5)n2)cc1. The van der Waals surface area contributed by atoms with Crippen LogP contribution in [0.15, 0.2) is 36.7 Å². The molecule has 0 spiro atoms. The lowest BCUT2D eigenvalue weighted by molar-refractivity contribution is 0.700. The van der Waals surface area contributed by atoms with E-state index in [1.165, 1.54) is 35.1 Å². The molecule has 5 rings (SSSR count). The largest absolute Gasteiger partial charge is 0.362 e. The second-order valence-corrected chi connectivity index (χ2v) is 7.52. The Kier molecular flexibility index (Phi) is 3.86. The van der Waals surface area contributed by atoms with E-state index in [1.54, 1.807) is 6.33 Å². The smallest absolute Gasteiger partial charge is 0.181 e. The number of anilines is 1. The first-order valence-corrected chi connectivity index (χ1v) is 9.66. The zero-order valence-corrected chi connectivity index (χ0v) is 15.0. The molecule has 0 saturated heterocycles. The van der Waals surface area contributed by atoms with E-state index in [1.807, 2.05) is 41.7 Å². The molecule has 3 aromatic heterocycles.